The van der Waals surface area contributed by atoms with Crippen molar-refractivity contribution in [1.82, 2.24) is 0 Å². The Bertz CT molecular complexity index is 1450. The van der Waals surface area contributed by atoms with E-state index < -0.39 is 70.0 Å². The summed E-state index contributed by atoms with van der Waals surface area (Å²) in [6.07, 6.45) is 2.10. The monoisotopic (exact) mass is 613 g/mol. The second-order valence-electron chi connectivity index (χ2n) is 9.93. The molecular formula is C29H28INO6. The molecule has 5 rings (SSSR count). The number of carbonyl (C=O) groups excluding carboxylic acids is 3. The van der Waals surface area contributed by atoms with Crippen LogP contribution in [0.3, 0.4) is 0 Å². The molecule has 192 valence electrons. The Kier molecular flexibility index (Phi) is 6.15. The van der Waals surface area contributed by atoms with Gasteiger partial charge in [-0.25, -0.2) is 0 Å². The first kappa shape index (κ1) is 25.4. The van der Waals surface area contributed by atoms with Crippen LogP contribution >= 0.6 is 19.8 Å². The topological polar surface area (TPSA) is 138 Å². The zero-order valence-corrected chi connectivity index (χ0v) is 22.8. The maximum absolute atomic E-state index is 14.2. The van der Waals surface area contributed by atoms with E-state index in [4.69, 9.17) is 5.73 Å². The van der Waals surface area contributed by atoms with Crippen molar-refractivity contribution in [3.05, 3.63) is 87.7 Å². The van der Waals surface area contributed by atoms with Crippen LogP contribution in [-0.2, 0) is 14.4 Å². The van der Waals surface area contributed by atoms with Gasteiger partial charge in [0.25, 0.3) is 0 Å². The first-order valence-electron chi connectivity index (χ1n) is 11.8. The van der Waals surface area contributed by atoms with Crippen molar-refractivity contribution in [3.8, 4) is 0 Å². The molecule has 0 unspecified atom stereocenters. The van der Waals surface area contributed by atoms with E-state index in [1.807, 2.05) is 71.4 Å². The number of ketones is 2. The molecule has 0 aliphatic heterocycles. The summed E-state index contributed by atoms with van der Waals surface area (Å²) in [6.45, 7) is 1.82. The molecule has 1 fully saturated rings. The molecule has 0 bridgehead atoms. The minimum atomic E-state index is -2.53. The summed E-state index contributed by atoms with van der Waals surface area (Å²) in [5.74, 6) is -5.53. The molecule has 0 saturated heterocycles. The van der Waals surface area contributed by atoms with Gasteiger partial charge in [0.1, 0.15) is 0 Å². The number of benzene rings is 2. The summed E-state index contributed by atoms with van der Waals surface area (Å²) in [6, 6.07) is 15.2. The predicted octanol–water partition coefficient (Wildman–Crippen LogP) is 3.77. The molecule has 5 N–H and O–H groups in total. The molecule has 1 saturated carbocycles. The van der Waals surface area contributed by atoms with E-state index in [2.05, 4.69) is 0 Å². The third-order valence-electron chi connectivity index (χ3n) is 7.70. The fourth-order valence-electron chi connectivity index (χ4n) is 6.06. The van der Waals surface area contributed by atoms with Gasteiger partial charge in [-0.3, -0.25) is 0 Å². The fraction of sp³-hybridized carbons (Fsp3) is 0.276. The van der Waals surface area contributed by atoms with Crippen LogP contribution < -0.4 is 5.73 Å². The maximum atomic E-state index is 14.2. The molecule has 37 heavy (non-hydrogen) atoms. The number of aliphatic hydroxyl groups excluding tert-OH is 2. The van der Waals surface area contributed by atoms with E-state index in [1.165, 1.54) is 0 Å². The number of allylic oxidation sites excluding steroid dienone is 1. The van der Waals surface area contributed by atoms with Gasteiger partial charge in [-0.05, 0) is 0 Å². The molecule has 2 aromatic carbocycles. The minimum absolute atomic E-state index is 0.0289. The number of Topliss-reactive ketones (excluding diaryl/α,β-unsaturated/α-hetero) is 2. The van der Waals surface area contributed by atoms with E-state index >= 15 is 0 Å². The number of alkyl halides is 3. The Labute approximate surface area is 221 Å². The number of fused-ring (bicyclic) bond motifs is 3. The molecule has 7 nitrogen and oxygen atoms in total. The number of aryl methyl sites for hydroxylation is 1. The van der Waals surface area contributed by atoms with E-state index in [0.29, 0.717) is 5.56 Å². The van der Waals surface area contributed by atoms with Crippen LogP contribution in [-0.4, -0.2) is 52.2 Å². The molecule has 8 heteroatoms. The molecule has 2 aromatic rings. The summed E-state index contributed by atoms with van der Waals surface area (Å²) >= 11 is -2.12. The van der Waals surface area contributed by atoms with Gasteiger partial charge in [-0.2, -0.15) is 0 Å². The van der Waals surface area contributed by atoms with Gasteiger partial charge < -0.3 is 0 Å². The van der Waals surface area contributed by atoms with Crippen molar-refractivity contribution in [2.75, 3.05) is 9.86 Å². The number of nitrogens with two attached hydrogens (primary N) is 1. The van der Waals surface area contributed by atoms with E-state index in [0.717, 1.165) is 22.3 Å². The van der Waals surface area contributed by atoms with Gasteiger partial charge in [-0.15, -0.1) is 0 Å². The second kappa shape index (κ2) is 8.95. The average molecular weight is 613 g/mol. The first-order chi connectivity index (χ1) is 17.5. The average Bonchev–Trinajstić information content (AvgIpc) is 2.84. The number of rotatable bonds is 3. The number of carbonyl (C=O) groups is 3. The number of hydrogen-bond acceptors (Lipinski definition) is 6. The molecule has 3 aliphatic carbocycles. The van der Waals surface area contributed by atoms with Crippen LogP contribution in [0.5, 0.6) is 0 Å². The SMILES string of the molecule is Cc1cccc2c1C(O)=C1C(=O)[C@]3(O)C(O)=C(C(N)=O)C(=O)[C@@H](I(C)C)[C@@H]3C[C@@H]1/C2=C/c1ccccc1. The summed E-state index contributed by atoms with van der Waals surface area (Å²) in [5.41, 5.74) is 5.84. The number of hydrogen-bond donors (Lipinski definition) is 4. The second-order valence-corrected chi connectivity index (χ2v) is 15.9. The Morgan fingerprint density at radius 3 is 2.38 bits per heavy atom. The van der Waals surface area contributed by atoms with E-state index in [-0.39, 0.29) is 17.8 Å². The van der Waals surface area contributed by atoms with Crippen LogP contribution in [0.15, 0.2) is 65.4 Å². The molecule has 0 radical (unpaired) electrons. The first-order valence-corrected chi connectivity index (χ1v) is 17.4. The molecule has 0 spiro atoms. The number of halogens is 1. The van der Waals surface area contributed by atoms with E-state index in [1.54, 1.807) is 0 Å². The zero-order valence-electron chi connectivity index (χ0n) is 20.7. The van der Waals surface area contributed by atoms with Crippen LogP contribution in [0.1, 0.15) is 28.7 Å². The molecule has 1 amide bonds. The summed E-state index contributed by atoms with van der Waals surface area (Å²) in [4.78, 5) is 43.6. The third kappa shape index (κ3) is 3.60. The standard InChI is InChI=1S/C29H28INO6/c1-14-8-7-11-16-17(12-15-9-5-4-6-10-15)18-13-19-23(30(2)3)25(33)22(28(31)36)27(35)29(19,37)26(34)21(18)24(32)20(14)16/h4-12,18-19,23,32,35,37H,13H2,1-3H3,(H2,31,36)/b17-12+/t18-,19+,23+,29+/m1/s1. The van der Waals surface area contributed by atoms with Gasteiger partial charge in [0, 0.05) is 0 Å². The van der Waals surface area contributed by atoms with Gasteiger partial charge in [0.2, 0.25) is 0 Å². The van der Waals surface area contributed by atoms with Crippen molar-refractivity contribution in [2.24, 2.45) is 17.6 Å². The van der Waals surface area contributed by atoms with Crippen molar-refractivity contribution in [3.63, 3.8) is 0 Å². The Hall–Kier alpha value is -3.24. The molecular weight excluding hydrogens is 585 g/mol. The van der Waals surface area contributed by atoms with Crippen molar-refractivity contribution >= 4 is 54.7 Å². The van der Waals surface area contributed by atoms with Crippen LogP contribution in [0.25, 0.3) is 17.4 Å². The summed E-state index contributed by atoms with van der Waals surface area (Å²) < 4.78 is -0.780. The van der Waals surface area contributed by atoms with Gasteiger partial charge in [-0.1, -0.05) is 0 Å². The van der Waals surface area contributed by atoms with E-state index in [9.17, 15) is 29.7 Å². The predicted molar refractivity (Wildman–Crippen MR) is 150 cm³/mol. The van der Waals surface area contributed by atoms with Crippen molar-refractivity contribution in [2.45, 2.75) is 22.9 Å². The van der Waals surface area contributed by atoms with Gasteiger partial charge in [0.15, 0.2) is 0 Å². The third-order valence-corrected chi connectivity index (χ3v) is 11.8. The van der Waals surface area contributed by atoms with Gasteiger partial charge >= 0.3 is 222 Å². The van der Waals surface area contributed by atoms with Crippen molar-refractivity contribution in [1.29, 1.82) is 0 Å². The van der Waals surface area contributed by atoms with Crippen LogP contribution in [0, 0.1) is 18.8 Å². The normalized spacial score (nSPS) is 28.6. The quantitative estimate of drug-likeness (QED) is 0.236. The van der Waals surface area contributed by atoms with Crippen molar-refractivity contribution < 1.29 is 29.7 Å². The zero-order chi connectivity index (χ0) is 26.8. The fourth-order valence-corrected chi connectivity index (χ4v) is 10.1. The number of primary amides is 1. The Morgan fingerprint density at radius 1 is 1.08 bits per heavy atom. The summed E-state index contributed by atoms with van der Waals surface area (Å²) in [5, 5.41) is 34.4. The van der Waals surface area contributed by atoms with Crippen LogP contribution in [0.4, 0.5) is 0 Å². The number of amides is 1. The molecule has 0 heterocycles. The molecule has 0 aromatic heterocycles. The van der Waals surface area contributed by atoms with Gasteiger partial charge in [0.05, 0.1) is 0 Å². The van der Waals surface area contributed by atoms with Crippen LogP contribution in [0.2, 0.25) is 0 Å². The Balaban J connectivity index is 1.82. The Morgan fingerprint density at radius 2 is 1.76 bits per heavy atom. The summed E-state index contributed by atoms with van der Waals surface area (Å²) in [7, 11) is 0. The molecule has 4 atom stereocenters. The number of aliphatic hydroxyl groups is 3. The molecule has 3 aliphatic rings.